The van der Waals surface area contributed by atoms with Gasteiger partial charge >= 0.3 is 0 Å². The van der Waals surface area contributed by atoms with Crippen molar-refractivity contribution in [2.75, 3.05) is 0 Å². The SMILES string of the molecule is c1ccc(-c2ccc(-n3c4ccccc4c4c5c(ccc43)Oc3c(ccc4[nH]c6ccccc6c34)O5)cc2)cc1. The lowest BCUT2D eigenvalue weighted by molar-refractivity contribution is 0.367. The third kappa shape index (κ3) is 2.96. The van der Waals surface area contributed by atoms with Gasteiger partial charge in [0.15, 0.2) is 23.0 Å². The van der Waals surface area contributed by atoms with Crippen LogP contribution < -0.4 is 9.47 Å². The van der Waals surface area contributed by atoms with Crippen LogP contribution in [0.2, 0.25) is 0 Å². The van der Waals surface area contributed by atoms with E-state index in [1.165, 1.54) is 11.1 Å². The Hall–Kier alpha value is -5.48. The van der Waals surface area contributed by atoms with Gasteiger partial charge in [0.2, 0.25) is 0 Å². The molecule has 40 heavy (non-hydrogen) atoms. The summed E-state index contributed by atoms with van der Waals surface area (Å²) in [6.07, 6.45) is 0. The minimum Gasteiger partial charge on any atom is -0.449 e. The number of benzene rings is 6. The summed E-state index contributed by atoms with van der Waals surface area (Å²) < 4.78 is 15.6. The van der Waals surface area contributed by atoms with Crippen molar-refractivity contribution >= 4 is 43.6 Å². The Kier molecular flexibility index (Phi) is 4.30. The maximum Gasteiger partial charge on any atom is 0.180 e. The van der Waals surface area contributed by atoms with E-state index >= 15 is 0 Å². The van der Waals surface area contributed by atoms with Gasteiger partial charge in [-0.15, -0.1) is 0 Å². The van der Waals surface area contributed by atoms with Crippen LogP contribution in [-0.4, -0.2) is 9.55 Å². The smallest absolute Gasteiger partial charge is 0.180 e. The fraction of sp³-hybridized carbons (Fsp3) is 0. The fourth-order valence-corrected chi connectivity index (χ4v) is 6.19. The van der Waals surface area contributed by atoms with Gasteiger partial charge in [-0.25, -0.2) is 0 Å². The number of para-hydroxylation sites is 2. The predicted molar refractivity (Wildman–Crippen MR) is 162 cm³/mol. The zero-order chi connectivity index (χ0) is 26.2. The maximum absolute atomic E-state index is 6.70. The second-order valence-corrected chi connectivity index (χ2v) is 10.2. The van der Waals surface area contributed by atoms with E-state index in [4.69, 9.17) is 9.47 Å². The highest BCUT2D eigenvalue weighted by molar-refractivity contribution is 6.15. The summed E-state index contributed by atoms with van der Waals surface area (Å²) in [7, 11) is 0. The van der Waals surface area contributed by atoms with Gasteiger partial charge in [-0.3, -0.25) is 0 Å². The number of rotatable bonds is 2. The molecule has 0 unspecified atom stereocenters. The molecule has 0 saturated carbocycles. The standard InChI is InChI=1S/C36H22N2O2/c1-2-8-22(9-3-1)23-14-16-24(17-15-23)38-29-13-7-5-11-26(29)34-30(38)19-21-32-36(34)40-31-20-18-28-33(35(31)39-32)25-10-4-6-12-27(25)37-28/h1-21,37H. The van der Waals surface area contributed by atoms with Crippen LogP contribution in [0.15, 0.2) is 127 Å². The molecule has 4 heteroatoms. The van der Waals surface area contributed by atoms with Gasteiger partial charge in [-0.05, 0) is 59.7 Å². The fourth-order valence-electron chi connectivity index (χ4n) is 6.19. The van der Waals surface area contributed by atoms with E-state index in [0.29, 0.717) is 0 Å². The van der Waals surface area contributed by atoms with E-state index in [1.54, 1.807) is 0 Å². The van der Waals surface area contributed by atoms with Gasteiger partial charge in [0.1, 0.15) is 0 Å². The zero-order valence-electron chi connectivity index (χ0n) is 21.4. The molecule has 8 aromatic rings. The maximum atomic E-state index is 6.70. The van der Waals surface area contributed by atoms with Crippen molar-refractivity contribution < 1.29 is 9.47 Å². The molecule has 6 aromatic carbocycles. The van der Waals surface area contributed by atoms with Gasteiger partial charge in [0.05, 0.1) is 27.3 Å². The quantitative estimate of drug-likeness (QED) is 0.249. The van der Waals surface area contributed by atoms with Crippen LogP contribution in [-0.2, 0) is 0 Å². The minimum atomic E-state index is 0.722. The summed E-state index contributed by atoms with van der Waals surface area (Å²) in [5, 5.41) is 4.34. The topological polar surface area (TPSA) is 39.2 Å². The molecule has 0 radical (unpaired) electrons. The van der Waals surface area contributed by atoms with E-state index in [1.807, 2.05) is 24.3 Å². The Labute approximate surface area is 229 Å². The highest BCUT2D eigenvalue weighted by Gasteiger charge is 2.27. The number of aromatic nitrogens is 2. The van der Waals surface area contributed by atoms with Crippen LogP contribution >= 0.6 is 0 Å². The number of hydrogen-bond donors (Lipinski definition) is 1. The molecule has 3 heterocycles. The van der Waals surface area contributed by atoms with Gasteiger partial charge in [-0.2, -0.15) is 0 Å². The van der Waals surface area contributed by atoms with Gasteiger partial charge in [-0.1, -0.05) is 78.9 Å². The van der Waals surface area contributed by atoms with Crippen LogP contribution in [0.5, 0.6) is 23.0 Å². The summed E-state index contributed by atoms with van der Waals surface area (Å²) >= 11 is 0. The largest absolute Gasteiger partial charge is 0.449 e. The van der Waals surface area contributed by atoms with E-state index in [2.05, 4.69) is 113 Å². The molecule has 188 valence electrons. The van der Waals surface area contributed by atoms with Crippen molar-refractivity contribution in [3.05, 3.63) is 127 Å². The van der Waals surface area contributed by atoms with Crippen LogP contribution in [0.4, 0.5) is 0 Å². The van der Waals surface area contributed by atoms with E-state index in [9.17, 15) is 0 Å². The average molecular weight is 515 g/mol. The Morgan fingerprint density at radius 2 is 1.10 bits per heavy atom. The second kappa shape index (κ2) is 8.01. The lowest BCUT2D eigenvalue weighted by Crippen LogP contribution is -2.00. The first-order chi connectivity index (χ1) is 19.8. The van der Waals surface area contributed by atoms with E-state index in [-0.39, 0.29) is 0 Å². The second-order valence-electron chi connectivity index (χ2n) is 10.2. The molecule has 0 spiro atoms. The van der Waals surface area contributed by atoms with Crippen LogP contribution in [0.1, 0.15) is 0 Å². The molecule has 9 rings (SSSR count). The van der Waals surface area contributed by atoms with Crippen molar-refractivity contribution in [2.45, 2.75) is 0 Å². The Morgan fingerprint density at radius 1 is 0.450 bits per heavy atom. The Bertz CT molecular complexity index is 2260. The van der Waals surface area contributed by atoms with Gasteiger partial charge in [0, 0.05) is 22.0 Å². The van der Waals surface area contributed by atoms with E-state index in [0.717, 1.165) is 72.3 Å². The molecule has 0 saturated heterocycles. The Balaban J connectivity index is 1.24. The molecule has 2 aromatic heterocycles. The molecule has 0 amide bonds. The molecule has 1 aliphatic heterocycles. The van der Waals surface area contributed by atoms with Crippen molar-refractivity contribution in [1.82, 2.24) is 9.55 Å². The van der Waals surface area contributed by atoms with Crippen molar-refractivity contribution in [2.24, 2.45) is 0 Å². The number of H-pyrrole nitrogens is 1. The first kappa shape index (κ1) is 21.5. The number of hydrogen-bond acceptors (Lipinski definition) is 2. The molecule has 4 nitrogen and oxygen atoms in total. The van der Waals surface area contributed by atoms with Gasteiger partial charge < -0.3 is 19.0 Å². The molecular formula is C36H22N2O2. The monoisotopic (exact) mass is 514 g/mol. The third-order valence-electron chi connectivity index (χ3n) is 8.00. The summed E-state index contributed by atoms with van der Waals surface area (Å²) in [5.41, 5.74) is 7.81. The highest BCUT2D eigenvalue weighted by atomic mass is 16.6. The van der Waals surface area contributed by atoms with E-state index < -0.39 is 0 Å². The highest BCUT2D eigenvalue weighted by Crippen LogP contribution is 2.54. The minimum absolute atomic E-state index is 0.722. The van der Waals surface area contributed by atoms with Crippen LogP contribution in [0, 0.1) is 0 Å². The predicted octanol–water partition coefficient (Wildman–Crippen LogP) is 9.98. The van der Waals surface area contributed by atoms with Crippen molar-refractivity contribution in [1.29, 1.82) is 0 Å². The molecular weight excluding hydrogens is 492 g/mol. The molecule has 1 N–H and O–H groups in total. The summed E-state index contributed by atoms with van der Waals surface area (Å²) in [6.45, 7) is 0. The summed E-state index contributed by atoms with van der Waals surface area (Å²) in [6, 6.07) is 44.3. The third-order valence-corrected chi connectivity index (χ3v) is 8.00. The first-order valence-corrected chi connectivity index (χ1v) is 13.4. The number of nitrogens with one attached hydrogen (secondary N) is 1. The first-order valence-electron chi connectivity index (χ1n) is 13.4. The van der Waals surface area contributed by atoms with Crippen LogP contribution in [0.25, 0.3) is 60.4 Å². The number of nitrogens with zero attached hydrogens (tertiary/aromatic N) is 1. The normalized spacial score (nSPS) is 12.4. The summed E-state index contributed by atoms with van der Waals surface area (Å²) in [5.74, 6) is 2.95. The zero-order valence-corrected chi connectivity index (χ0v) is 21.4. The molecule has 0 atom stereocenters. The average Bonchev–Trinajstić information content (AvgIpc) is 3.57. The van der Waals surface area contributed by atoms with Gasteiger partial charge in [0.25, 0.3) is 0 Å². The summed E-state index contributed by atoms with van der Waals surface area (Å²) in [4.78, 5) is 3.50. The molecule has 0 fully saturated rings. The molecule has 0 aliphatic carbocycles. The number of aromatic amines is 1. The molecule has 0 bridgehead atoms. The van der Waals surface area contributed by atoms with Crippen molar-refractivity contribution in [3.8, 4) is 39.8 Å². The number of ether oxygens (including phenoxy) is 2. The number of fused-ring (bicyclic) bond motifs is 10. The Morgan fingerprint density at radius 3 is 1.93 bits per heavy atom. The van der Waals surface area contributed by atoms with Crippen molar-refractivity contribution in [3.63, 3.8) is 0 Å². The lowest BCUT2D eigenvalue weighted by atomic mass is 10.1. The molecule has 1 aliphatic rings. The lowest BCUT2D eigenvalue weighted by Gasteiger charge is -2.22. The van der Waals surface area contributed by atoms with Crippen LogP contribution in [0.3, 0.4) is 0 Å².